The Morgan fingerprint density at radius 1 is 0.882 bits per heavy atom. The van der Waals surface area contributed by atoms with Crippen molar-refractivity contribution < 1.29 is 14.0 Å². The van der Waals surface area contributed by atoms with Crippen molar-refractivity contribution >= 4 is 24.7 Å². The third kappa shape index (κ3) is 6.20. The highest BCUT2D eigenvalue weighted by molar-refractivity contribution is 6.99. The minimum Gasteiger partial charge on any atom is -0.460 e. The fraction of sp³-hybridized carbons (Fsp3) is 0.567. The predicted molar refractivity (Wildman–Crippen MR) is 144 cm³/mol. The van der Waals surface area contributed by atoms with Crippen LogP contribution in [0.1, 0.15) is 80.6 Å². The van der Waals surface area contributed by atoms with Crippen LogP contribution < -0.4 is 10.4 Å². The van der Waals surface area contributed by atoms with E-state index in [0.717, 1.165) is 38.7 Å². The number of rotatable bonds is 10. The minimum absolute atomic E-state index is 0.0117. The first-order valence-electron chi connectivity index (χ1n) is 12.9. The van der Waals surface area contributed by atoms with Crippen LogP contribution >= 0.6 is 0 Å². The molecule has 1 saturated carbocycles. The molecule has 2 aromatic rings. The van der Waals surface area contributed by atoms with E-state index in [1.165, 1.54) is 10.4 Å². The normalized spacial score (nSPS) is 20.7. The van der Waals surface area contributed by atoms with Crippen molar-refractivity contribution in [3.63, 3.8) is 0 Å². The molecule has 0 N–H and O–H groups in total. The Kier molecular flexibility index (Phi) is 8.14. The summed E-state index contributed by atoms with van der Waals surface area (Å²) in [6.45, 7) is 15.8. The summed E-state index contributed by atoms with van der Waals surface area (Å²) in [4.78, 5) is 12.4. The Hall–Kier alpha value is -1.91. The van der Waals surface area contributed by atoms with Gasteiger partial charge in [-0.3, -0.25) is 4.79 Å². The van der Waals surface area contributed by atoms with Gasteiger partial charge < -0.3 is 9.16 Å². The highest BCUT2D eigenvalue weighted by Crippen LogP contribution is 2.56. The second-order valence-corrected chi connectivity index (χ2v) is 16.6. The summed E-state index contributed by atoms with van der Waals surface area (Å²) in [7, 11) is -2.44. The molecule has 4 heteroatoms. The first kappa shape index (κ1) is 26.7. The van der Waals surface area contributed by atoms with E-state index in [1.54, 1.807) is 0 Å². The predicted octanol–water partition coefficient (Wildman–Crippen LogP) is 6.49. The molecular formula is C30H44O3Si. The van der Waals surface area contributed by atoms with Gasteiger partial charge in [0.15, 0.2) is 0 Å². The molecule has 0 aliphatic heterocycles. The van der Waals surface area contributed by atoms with Crippen LogP contribution in [0.3, 0.4) is 0 Å². The molecule has 1 aliphatic rings. The van der Waals surface area contributed by atoms with Gasteiger partial charge in [0.05, 0.1) is 5.92 Å². The molecule has 2 unspecified atom stereocenters. The van der Waals surface area contributed by atoms with Crippen molar-refractivity contribution in [3.8, 4) is 0 Å². The van der Waals surface area contributed by atoms with Gasteiger partial charge >= 0.3 is 5.97 Å². The minimum atomic E-state index is -2.44. The second-order valence-electron chi connectivity index (χ2n) is 12.3. The standard InChI is InChI=1S/C30H44O3Si/c1-28(2,3)33-27(31)26-23-30(26,7)21-15-10-16-22-32-34(29(4,5)6,24-17-11-8-12-18-24)25-19-13-9-14-20-25/h8-9,11-14,17-20,26H,10,15-16,21-23H2,1-7H3. The smallest absolute Gasteiger partial charge is 0.310 e. The molecular weight excluding hydrogens is 436 g/mol. The summed E-state index contributed by atoms with van der Waals surface area (Å²) in [6.07, 6.45) is 5.32. The van der Waals surface area contributed by atoms with E-state index in [2.05, 4.69) is 88.4 Å². The monoisotopic (exact) mass is 480 g/mol. The van der Waals surface area contributed by atoms with Crippen LogP contribution in [0.25, 0.3) is 0 Å². The maximum absolute atomic E-state index is 12.4. The van der Waals surface area contributed by atoms with Gasteiger partial charge in [0.25, 0.3) is 8.32 Å². The van der Waals surface area contributed by atoms with Crippen molar-refractivity contribution in [2.24, 2.45) is 11.3 Å². The molecule has 0 amide bonds. The summed E-state index contributed by atoms with van der Waals surface area (Å²) >= 11 is 0. The quantitative estimate of drug-likeness (QED) is 0.221. The van der Waals surface area contributed by atoms with Crippen molar-refractivity contribution in [1.82, 2.24) is 0 Å². The third-order valence-electron chi connectivity index (χ3n) is 7.17. The molecule has 0 heterocycles. The van der Waals surface area contributed by atoms with E-state index in [0.29, 0.717) is 0 Å². The van der Waals surface area contributed by atoms with Crippen molar-refractivity contribution in [3.05, 3.63) is 60.7 Å². The molecule has 0 radical (unpaired) electrons. The van der Waals surface area contributed by atoms with Gasteiger partial charge in [-0.2, -0.15) is 0 Å². The molecule has 0 saturated heterocycles. The fourth-order valence-electron chi connectivity index (χ4n) is 5.22. The molecule has 1 aliphatic carbocycles. The molecule has 3 rings (SSSR count). The zero-order valence-corrected chi connectivity index (χ0v) is 23.3. The summed E-state index contributed by atoms with van der Waals surface area (Å²) in [6, 6.07) is 21.7. The Labute approximate surface area is 208 Å². The zero-order chi connectivity index (χ0) is 25.0. The van der Waals surface area contributed by atoms with Crippen molar-refractivity contribution in [1.29, 1.82) is 0 Å². The molecule has 0 bridgehead atoms. The van der Waals surface area contributed by atoms with Gasteiger partial charge in [-0.05, 0) is 60.9 Å². The largest absolute Gasteiger partial charge is 0.460 e. The van der Waals surface area contributed by atoms with Crippen LogP contribution in [0.15, 0.2) is 60.7 Å². The van der Waals surface area contributed by atoms with E-state index < -0.39 is 13.9 Å². The SMILES string of the molecule is CC(C)(C)OC(=O)C1CC1(C)CCCCCO[Si](c1ccccc1)(c1ccccc1)C(C)(C)C. The molecule has 2 aromatic carbocycles. The summed E-state index contributed by atoms with van der Waals surface area (Å²) in [5, 5.41) is 2.68. The van der Waals surface area contributed by atoms with Crippen LogP contribution in [-0.2, 0) is 14.0 Å². The van der Waals surface area contributed by atoms with E-state index in [1.807, 2.05) is 20.8 Å². The lowest BCUT2D eigenvalue weighted by Crippen LogP contribution is -2.66. The first-order valence-corrected chi connectivity index (χ1v) is 14.8. The van der Waals surface area contributed by atoms with Crippen LogP contribution in [0, 0.1) is 11.3 Å². The molecule has 34 heavy (non-hydrogen) atoms. The Morgan fingerprint density at radius 3 is 1.88 bits per heavy atom. The highest BCUT2D eigenvalue weighted by Gasteiger charge is 2.55. The van der Waals surface area contributed by atoms with Gasteiger partial charge in [-0.15, -0.1) is 0 Å². The molecule has 186 valence electrons. The number of carbonyl (C=O) groups is 1. The maximum atomic E-state index is 12.4. The number of benzene rings is 2. The lowest BCUT2D eigenvalue weighted by atomic mass is 9.98. The average Bonchev–Trinajstić information content (AvgIpc) is 3.44. The van der Waals surface area contributed by atoms with Gasteiger partial charge in [0, 0.05) is 6.61 Å². The second kappa shape index (κ2) is 10.4. The van der Waals surface area contributed by atoms with Crippen LogP contribution in [0.5, 0.6) is 0 Å². The number of unbranched alkanes of at least 4 members (excludes halogenated alkanes) is 2. The van der Waals surface area contributed by atoms with Gasteiger partial charge in [0.1, 0.15) is 5.60 Å². The Morgan fingerprint density at radius 2 is 1.41 bits per heavy atom. The van der Waals surface area contributed by atoms with Crippen LogP contribution in [-0.4, -0.2) is 26.5 Å². The van der Waals surface area contributed by atoms with Crippen molar-refractivity contribution in [2.45, 2.75) is 91.2 Å². The highest BCUT2D eigenvalue weighted by atomic mass is 28.4. The van der Waals surface area contributed by atoms with Crippen molar-refractivity contribution in [2.75, 3.05) is 6.61 Å². The fourth-order valence-corrected chi connectivity index (χ4v) is 9.82. The zero-order valence-electron chi connectivity index (χ0n) is 22.3. The number of ether oxygens (including phenoxy) is 1. The molecule has 0 spiro atoms. The first-order chi connectivity index (χ1) is 15.9. The van der Waals surface area contributed by atoms with E-state index in [9.17, 15) is 4.79 Å². The lowest BCUT2D eigenvalue weighted by molar-refractivity contribution is -0.157. The van der Waals surface area contributed by atoms with E-state index in [-0.39, 0.29) is 22.3 Å². The van der Waals surface area contributed by atoms with E-state index >= 15 is 0 Å². The molecule has 2 atom stereocenters. The summed E-state index contributed by atoms with van der Waals surface area (Å²) in [5.41, 5.74) is -0.292. The average molecular weight is 481 g/mol. The number of carbonyl (C=O) groups excluding carboxylic acids is 1. The summed E-state index contributed by atoms with van der Waals surface area (Å²) in [5.74, 6) is 0.0464. The molecule has 1 fully saturated rings. The number of esters is 1. The van der Waals surface area contributed by atoms with E-state index in [4.69, 9.17) is 9.16 Å². The Bertz CT molecular complexity index is 888. The van der Waals surface area contributed by atoms with Gasteiger partial charge in [0.2, 0.25) is 0 Å². The van der Waals surface area contributed by atoms with Crippen LogP contribution in [0.2, 0.25) is 5.04 Å². The number of hydrogen-bond donors (Lipinski definition) is 0. The molecule has 3 nitrogen and oxygen atoms in total. The van der Waals surface area contributed by atoms with Gasteiger partial charge in [-0.25, -0.2) is 0 Å². The number of hydrogen-bond acceptors (Lipinski definition) is 3. The topological polar surface area (TPSA) is 35.5 Å². The Balaban J connectivity index is 1.59. The van der Waals surface area contributed by atoms with Gasteiger partial charge in [-0.1, -0.05) is 101 Å². The summed E-state index contributed by atoms with van der Waals surface area (Å²) < 4.78 is 12.6. The van der Waals surface area contributed by atoms with Crippen LogP contribution in [0.4, 0.5) is 0 Å². The molecule has 0 aromatic heterocycles. The maximum Gasteiger partial charge on any atom is 0.310 e. The lowest BCUT2D eigenvalue weighted by Gasteiger charge is -2.43. The third-order valence-corrected chi connectivity index (χ3v) is 12.2.